The number of piperazine rings is 1. The Morgan fingerprint density at radius 2 is 1.81 bits per heavy atom. The second kappa shape index (κ2) is 9.06. The largest absolute Gasteiger partial charge is 0.355 e. The minimum absolute atomic E-state index is 0.0394. The highest BCUT2D eigenvalue weighted by molar-refractivity contribution is 7.88. The zero-order chi connectivity index (χ0) is 26.8. The summed E-state index contributed by atoms with van der Waals surface area (Å²) in [6.45, 7) is 7.16. The predicted octanol–water partition coefficient (Wildman–Crippen LogP) is 3.43. The molecule has 2 fully saturated rings. The monoisotopic (exact) mass is 534 g/mol. The number of carbonyl (C=O) groups is 1. The van der Waals surface area contributed by atoms with Crippen LogP contribution < -0.4 is 0 Å². The third-order valence-electron chi connectivity index (χ3n) is 8.51. The third kappa shape index (κ3) is 4.06. The number of benzene rings is 1. The molecule has 0 unspecified atom stereocenters. The highest BCUT2D eigenvalue weighted by Gasteiger charge is 2.65. The first-order chi connectivity index (χ1) is 17.4. The molecule has 0 N–H and O–H groups in total. The van der Waals surface area contributed by atoms with Gasteiger partial charge in [0, 0.05) is 31.6 Å². The van der Waals surface area contributed by atoms with Crippen LogP contribution in [0.15, 0.2) is 24.3 Å². The lowest BCUT2D eigenvalue weighted by atomic mass is 9.77. The molecule has 0 spiro atoms. The Hall–Kier alpha value is -2.50. The van der Waals surface area contributed by atoms with Crippen molar-refractivity contribution >= 4 is 15.9 Å². The minimum atomic E-state index is -3.30. The quantitative estimate of drug-likeness (QED) is 0.564. The summed E-state index contributed by atoms with van der Waals surface area (Å²) < 4.78 is 60.7. The van der Waals surface area contributed by atoms with Crippen LogP contribution in [-0.4, -0.2) is 72.3 Å². The summed E-state index contributed by atoms with van der Waals surface area (Å²) in [4.78, 5) is 15.2. The zero-order valence-corrected chi connectivity index (χ0v) is 22.3. The number of amides is 1. The fourth-order valence-electron chi connectivity index (χ4n) is 6.39. The molecular formula is C26H32F2N4O4S. The van der Waals surface area contributed by atoms with Gasteiger partial charge in [-0.25, -0.2) is 17.2 Å². The van der Waals surface area contributed by atoms with Crippen molar-refractivity contribution in [1.29, 1.82) is 0 Å². The van der Waals surface area contributed by atoms with Crippen molar-refractivity contribution in [1.82, 2.24) is 19.4 Å². The molecular weight excluding hydrogens is 502 g/mol. The van der Waals surface area contributed by atoms with E-state index in [1.54, 1.807) is 11.0 Å². The fraction of sp³-hybridized carbons (Fsp3) is 0.577. The van der Waals surface area contributed by atoms with E-state index >= 15 is 0 Å². The van der Waals surface area contributed by atoms with Gasteiger partial charge in [-0.15, -0.1) is 5.10 Å². The Morgan fingerprint density at radius 1 is 1.16 bits per heavy atom. The number of sulfonamides is 1. The van der Waals surface area contributed by atoms with Crippen LogP contribution in [0.4, 0.5) is 8.78 Å². The van der Waals surface area contributed by atoms with Crippen molar-refractivity contribution in [2.24, 2.45) is 5.41 Å². The standard InChI is InChI=1S/C26H32F2N4O4S/c1-5-21(24(33)31-11-13-32(14-12-31)37(4,34)35)36-26-10-9-17(25(26,2)3)16-15-20(29-30-23(16)26)22-18(27)7-6-8-19(22)28/h6-8,15,17,21H,5,9-14H2,1-4H3/t17-,21+,26-/m0/s1. The highest BCUT2D eigenvalue weighted by atomic mass is 32.2. The fourth-order valence-corrected chi connectivity index (χ4v) is 7.22. The van der Waals surface area contributed by atoms with E-state index in [2.05, 4.69) is 24.0 Å². The molecule has 3 atom stereocenters. The van der Waals surface area contributed by atoms with Crippen molar-refractivity contribution in [2.75, 3.05) is 32.4 Å². The topological polar surface area (TPSA) is 92.7 Å². The molecule has 1 saturated carbocycles. The third-order valence-corrected chi connectivity index (χ3v) is 9.81. The van der Waals surface area contributed by atoms with E-state index in [0.29, 0.717) is 31.6 Å². The van der Waals surface area contributed by atoms with Crippen LogP contribution in [0.1, 0.15) is 57.2 Å². The van der Waals surface area contributed by atoms with Crippen LogP contribution in [0, 0.1) is 17.0 Å². The van der Waals surface area contributed by atoms with Crippen LogP contribution in [-0.2, 0) is 25.2 Å². The SMILES string of the molecule is CC[C@@H](O[C@@]12CC[C@@H](c3cc(-c4c(F)cccc4F)nnc31)C2(C)C)C(=O)N1CCN(S(C)(=O)=O)CC1. The van der Waals surface area contributed by atoms with Crippen molar-refractivity contribution < 1.29 is 26.7 Å². The van der Waals surface area contributed by atoms with Gasteiger partial charge in [-0.05, 0) is 48.9 Å². The zero-order valence-electron chi connectivity index (χ0n) is 21.5. The Kier molecular flexibility index (Phi) is 6.39. The summed E-state index contributed by atoms with van der Waals surface area (Å²) >= 11 is 0. The van der Waals surface area contributed by atoms with Gasteiger partial charge in [0.25, 0.3) is 5.91 Å². The van der Waals surface area contributed by atoms with Crippen LogP contribution in [0.3, 0.4) is 0 Å². The molecule has 1 aliphatic heterocycles. The molecule has 1 amide bonds. The first-order valence-electron chi connectivity index (χ1n) is 12.6. The summed E-state index contributed by atoms with van der Waals surface area (Å²) in [5, 5.41) is 8.66. The summed E-state index contributed by atoms with van der Waals surface area (Å²) in [5.41, 5.74) is 0.134. The second-order valence-electron chi connectivity index (χ2n) is 10.8. The Balaban J connectivity index is 1.44. The smallest absolute Gasteiger partial charge is 0.251 e. The number of nitrogens with zero attached hydrogens (tertiary/aromatic N) is 4. The maximum atomic E-state index is 14.5. The number of hydrogen-bond donors (Lipinski definition) is 0. The number of carbonyl (C=O) groups excluding carboxylic acids is 1. The molecule has 2 heterocycles. The molecule has 8 nitrogen and oxygen atoms in total. The minimum Gasteiger partial charge on any atom is -0.355 e. The molecule has 2 bridgehead atoms. The van der Waals surface area contributed by atoms with E-state index in [1.807, 2.05) is 6.92 Å². The van der Waals surface area contributed by atoms with Gasteiger partial charge in [0.1, 0.15) is 23.3 Å². The summed E-state index contributed by atoms with van der Waals surface area (Å²) in [7, 11) is -3.30. The normalized spacial score (nSPS) is 25.8. The number of fused-ring (bicyclic) bond motifs is 5. The molecule has 200 valence electrons. The molecule has 3 aliphatic rings. The van der Waals surface area contributed by atoms with Crippen LogP contribution in [0.2, 0.25) is 0 Å². The molecule has 1 saturated heterocycles. The van der Waals surface area contributed by atoms with Crippen LogP contribution >= 0.6 is 0 Å². The number of aromatic nitrogens is 2. The first-order valence-corrected chi connectivity index (χ1v) is 14.5. The van der Waals surface area contributed by atoms with Crippen molar-refractivity contribution in [3.8, 4) is 11.3 Å². The number of ether oxygens (including phenoxy) is 1. The Labute approximate surface area is 216 Å². The molecule has 0 radical (unpaired) electrons. The van der Waals surface area contributed by atoms with Gasteiger partial charge in [-0.2, -0.15) is 9.40 Å². The average molecular weight is 535 g/mol. The van der Waals surface area contributed by atoms with Gasteiger partial charge >= 0.3 is 0 Å². The first kappa shape index (κ1) is 26.1. The maximum Gasteiger partial charge on any atom is 0.251 e. The molecule has 1 aromatic heterocycles. The van der Waals surface area contributed by atoms with Crippen molar-refractivity contribution in [3.05, 3.63) is 47.2 Å². The van der Waals surface area contributed by atoms with E-state index in [9.17, 15) is 22.0 Å². The summed E-state index contributed by atoms with van der Waals surface area (Å²) in [6.07, 6.45) is 2.33. The molecule has 1 aromatic carbocycles. The van der Waals surface area contributed by atoms with Crippen molar-refractivity contribution in [3.63, 3.8) is 0 Å². The lowest BCUT2D eigenvalue weighted by Crippen LogP contribution is -2.54. The Bertz CT molecular complexity index is 1320. The number of hydrogen-bond acceptors (Lipinski definition) is 6. The predicted molar refractivity (Wildman–Crippen MR) is 133 cm³/mol. The number of halogens is 2. The van der Waals surface area contributed by atoms with Gasteiger partial charge in [0.15, 0.2) is 0 Å². The van der Waals surface area contributed by atoms with Crippen LogP contribution in [0.5, 0.6) is 0 Å². The van der Waals surface area contributed by atoms with Crippen LogP contribution in [0.25, 0.3) is 11.3 Å². The van der Waals surface area contributed by atoms with E-state index in [4.69, 9.17) is 4.74 Å². The molecule has 2 aromatic rings. The Morgan fingerprint density at radius 3 is 2.41 bits per heavy atom. The summed E-state index contributed by atoms with van der Waals surface area (Å²) in [5.74, 6) is -1.53. The van der Waals surface area contributed by atoms with E-state index < -0.39 is 38.8 Å². The molecule has 2 aliphatic carbocycles. The van der Waals surface area contributed by atoms with E-state index in [0.717, 1.165) is 12.0 Å². The lowest BCUT2D eigenvalue weighted by Gasteiger charge is -2.41. The highest BCUT2D eigenvalue weighted by Crippen LogP contribution is 2.68. The lowest BCUT2D eigenvalue weighted by molar-refractivity contribution is -0.177. The average Bonchev–Trinajstić information content (AvgIpc) is 3.21. The molecule has 5 rings (SSSR count). The maximum absolute atomic E-state index is 14.5. The van der Waals surface area contributed by atoms with E-state index in [-0.39, 0.29) is 36.2 Å². The molecule has 37 heavy (non-hydrogen) atoms. The number of rotatable bonds is 6. The van der Waals surface area contributed by atoms with Crippen molar-refractivity contribution in [2.45, 2.75) is 57.7 Å². The van der Waals surface area contributed by atoms with E-state index in [1.165, 1.54) is 28.8 Å². The van der Waals surface area contributed by atoms with Gasteiger partial charge in [0.05, 0.1) is 23.2 Å². The van der Waals surface area contributed by atoms with Gasteiger partial charge in [-0.1, -0.05) is 26.8 Å². The molecule has 11 heteroatoms. The van der Waals surface area contributed by atoms with Gasteiger partial charge < -0.3 is 9.64 Å². The van der Waals surface area contributed by atoms with Gasteiger partial charge in [-0.3, -0.25) is 4.79 Å². The summed E-state index contributed by atoms with van der Waals surface area (Å²) in [6, 6.07) is 5.42. The van der Waals surface area contributed by atoms with Gasteiger partial charge in [0.2, 0.25) is 10.0 Å². The second-order valence-corrected chi connectivity index (χ2v) is 12.8.